The molecule has 0 aromatic carbocycles. The lowest BCUT2D eigenvalue weighted by atomic mass is 9.94. The molecule has 2 N–H and O–H groups in total. The first kappa shape index (κ1) is 13.5. The molecule has 5 nitrogen and oxygen atoms in total. The molecule has 3 rings (SSSR count). The van der Waals surface area contributed by atoms with Gasteiger partial charge in [0, 0.05) is 18.3 Å². The van der Waals surface area contributed by atoms with E-state index in [1.54, 1.807) is 12.4 Å². The molecule has 1 saturated heterocycles. The van der Waals surface area contributed by atoms with Crippen LogP contribution in [0, 0.1) is 11.3 Å². The van der Waals surface area contributed by atoms with E-state index in [4.69, 9.17) is 4.74 Å². The minimum Gasteiger partial charge on any atom is -0.395 e. The van der Waals surface area contributed by atoms with Gasteiger partial charge in [-0.05, 0) is 37.0 Å². The van der Waals surface area contributed by atoms with Gasteiger partial charge in [-0.3, -0.25) is 9.78 Å². The fourth-order valence-electron chi connectivity index (χ4n) is 2.71. The Morgan fingerprint density at radius 1 is 1.40 bits per heavy atom. The van der Waals surface area contributed by atoms with Crippen molar-refractivity contribution in [2.24, 2.45) is 11.3 Å². The minimum absolute atomic E-state index is 0.0183. The van der Waals surface area contributed by atoms with E-state index in [2.05, 4.69) is 10.3 Å². The first-order valence-electron chi connectivity index (χ1n) is 7.12. The predicted molar refractivity (Wildman–Crippen MR) is 72.9 cm³/mol. The van der Waals surface area contributed by atoms with E-state index in [1.807, 2.05) is 12.1 Å². The number of ether oxygens (including phenoxy) is 1. The highest BCUT2D eigenvalue weighted by Gasteiger charge is 2.50. The first-order chi connectivity index (χ1) is 9.73. The average Bonchev–Trinajstić information content (AvgIpc) is 3.18. The molecule has 1 aromatic rings. The number of pyridine rings is 1. The van der Waals surface area contributed by atoms with Crippen LogP contribution in [0.15, 0.2) is 24.5 Å². The molecular formula is C15H20N2O3. The number of carbonyl (C=O) groups excluding carboxylic acids is 1. The van der Waals surface area contributed by atoms with Crippen LogP contribution in [0.25, 0.3) is 0 Å². The minimum atomic E-state index is -0.510. The summed E-state index contributed by atoms with van der Waals surface area (Å²) in [5, 5.41) is 12.4. The van der Waals surface area contributed by atoms with E-state index in [-0.39, 0.29) is 24.5 Å². The molecule has 1 aliphatic carbocycles. The van der Waals surface area contributed by atoms with Crippen molar-refractivity contribution in [2.45, 2.75) is 25.3 Å². The van der Waals surface area contributed by atoms with Gasteiger partial charge >= 0.3 is 0 Å². The number of hydrogen-bond donors (Lipinski definition) is 2. The molecule has 1 aromatic heterocycles. The third kappa shape index (κ3) is 2.69. The second-order valence-electron chi connectivity index (χ2n) is 5.88. The Balaban J connectivity index is 1.60. The highest BCUT2D eigenvalue weighted by molar-refractivity contribution is 5.85. The smallest absolute Gasteiger partial charge is 0.228 e. The van der Waals surface area contributed by atoms with Gasteiger partial charge < -0.3 is 15.2 Å². The fraction of sp³-hybridized carbons (Fsp3) is 0.600. The lowest BCUT2D eigenvalue weighted by Gasteiger charge is -2.21. The van der Waals surface area contributed by atoms with Crippen LogP contribution in [0.2, 0.25) is 0 Å². The van der Waals surface area contributed by atoms with Gasteiger partial charge in [0.05, 0.1) is 31.3 Å². The largest absolute Gasteiger partial charge is 0.395 e. The number of carbonyl (C=O) groups is 1. The van der Waals surface area contributed by atoms with Gasteiger partial charge in [0.25, 0.3) is 0 Å². The zero-order valence-electron chi connectivity index (χ0n) is 11.4. The molecule has 0 unspecified atom stereocenters. The van der Waals surface area contributed by atoms with E-state index in [1.165, 1.54) is 5.56 Å². The molecule has 1 aliphatic heterocycles. The van der Waals surface area contributed by atoms with E-state index in [9.17, 15) is 9.90 Å². The summed E-state index contributed by atoms with van der Waals surface area (Å²) in [6, 6.07) is 4.03. The summed E-state index contributed by atoms with van der Waals surface area (Å²) in [6.45, 7) is 1.17. The fourth-order valence-corrected chi connectivity index (χ4v) is 2.71. The average molecular weight is 276 g/mol. The monoisotopic (exact) mass is 276 g/mol. The first-order valence-corrected chi connectivity index (χ1v) is 7.12. The van der Waals surface area contributed by atoms with Crippen LogP contribution in [-0.4, -0.2) is 41.9 Å². The molecule has 0 spiro atoms. The molecule has 0 radical (unpaired) electrons. The van der Waals surface area contributed by atoms with Gasteiger partial charge in [0.1, 0.15) is 0 Å². The molecule has 2 aliphatic rings. The van der Waals surface area contributed by atoms with Crippen LogP contribution in [0.5, 0.6) is 0 Å². The van der Waals surface area contributed by atoms with Crippen LogP contribution in [0.3, 0.4) is 0 Å². The van der Waals surface area contributed by atoms with Crippen molar-refractivity contribution >= 4 is 5.91 Å². The summed E-state index contributed by atoms with van der Waals surface area (Å²) in [4.78, 5) is 16.2. The third-order valence-electron chi connectivity index (χ3n) is 4.40. The molecule has 108 valence electrons. The standard InChI is InChI=1S/C15H20N2O3/c18-10-15(3-4-15)14(19)17-13-9-20-8-12(13)7-11-1-5-16-6-2-11/h1-2,5-6,12-13,18H,3-4,7-10H2,(H,17,19)/t12-,13+/m1/s1. The van der Waals surface area contributed by atoms with Crippen molar-refractivity contribution in [3.05, 3.63) is 30.1 Å². The number of rotatable bonds is 5. The number of amides is 1. The summed E-state index contributed by atoms with van der Waals surface area (Å²) < 4.78 is 5.52. The Morgan fingerprint density at radius 3 is 2.80 bits per heavy atom. The topological polar surface area (TPSA) is 71.5 Å². The number of hydrogen-bond acceptors (Lipinski definition) is 4. The molecular weight excluding hydrogens is 256 g/mol. The number of aliphatic hydroxyl groups excluding tert-OH is 1. The van der Waals surface area contributed by atoms with Crippen LogP contribution in [0.4, 0.5) is 0 Å². The van der Waals surface area contributed by atoms with Crippen LogP contribution >= 0.6 is 0 Å². The number of nitrogens with zero attached hydrogens (tertiary/aromatic N) is 1. The van der Waals surface area contributed by atoms with Gasteiger partial charge in [-0.2, -0.15) is 0 Å². The third-order valence-corrected chi connectivity index (χ3v) is 4.40. The lowest BCUT2D eigenvalue weighted by Crippen LogP contribution is -2.45. The van der Waals surface area contributed by atoms with Gasteiger partial charge in [-0.25, -0.2) is 0 Å². The molecule has 2 fully saturated rings. The highest BCUT2D eigenvalue weighted by Crippen LogP contribution is 2.45. The van der Waals surface area contributed by atoms with Crippen LogP contribution in [0.1, 0.15) is 18.4 Å². The maximum absolute atomic E-state index is 12.2. The maximum atomic E-state index is 12.2. The summed E-state index contributed by atoms with van der Waals surface area (Å²) >= 11 is 0. The van der Waals surface area contributed by atoms with Crippen molar-refractivity contribution < 1.29 is 14.6 Å². The Labute approximate surface area is 118 Å². The van der Waals surface area contributed by atoms with Gasteiger partial charge in [0.15, 0.2) is 0 Å². The van der Waals surface area contributed by atoms with Crippen molar-refractivity contribution in [3.63, 3.8) is 0 Å². The summed E-state index contributed by atoms with van der Waals surface area (Å²) in [5.74, 6) is 0.270. The zero-order chi connectivity index (χ0) is 14.0. The lowest BCUT2D eigenvalue weighted by molar-refractivity contribution is -0.128. The second kappa shape index (κ2) is 5.50. The summed E-state index contributed by atoms with van der Waals surface area (Å²) in [7, 11) is 0. The van der Waals surface area contributed by atoms with Crippen molar-refractivity contribution in [1.82, 2.24) is 10.3 Å². The number of nitrogens with one attached hydrogen (secondary N) is 1. The Kier molecular flexibility index (Phi) is 3.72. The van der Waals surface area contributed by atoms with E-state index >= 15 is 0 Å². The van der Waals surface area contributed by atoms with Crippen LogP contribution in [-0.2, 0) is 16.0 Å². The van der Waals surface area contributed by atoms with Gasteiger partial charge in [-0.1, -0.05) is 0 Å². The van der Waals surface area contributed by atoms with E-state index in [0.29, 0.717) is 13.2 Å². The number of aliphatic hydroxyl groups is 1. The normalized spacial score (nSPS) is 27.2. The van der Waals surface area contributed by atoms with E-state index in [0.717, 1.165) is 19.3 Å². The summed E-state index contributed by atoms with van der Waals surface area (Å²) in [6.07, 6.45) is 6.02. The Morgan fingerprint density at radius 2 is 2.15 bits per heavy atom. The molecule has 0 bridgehead atoms. The van der Waals surface area contributed by atoms with Gasteiger partial charge in [0.2, 0.25) is 5.91 Å². The predicted octanol–water partition coefficient (Wildman–Crippen LogP) is 0.528. The SMILES string of the molecule is O=C(N[C@H]1COC[C@H]1Cc1ccncc1)C1(CO)CC1. The zero-order valence-corrected chi connectivity index (χ0v) is 11.4. The molecule has 1 amide bonds. The quantitative estimate of drug-likeness (QED) is 0.823. The summed E-state index contributed by atoms with van der Waals surface area (Å²) in [5.41, 5.74) is 0.696. The number of aromatic nitrogens is 1. The Hall–Kier alpha value is -1.46. The Bertz CT molecular complexity index is 473. The van der Waals surface area contributed by atoms with Gasteiger partial charge in [-0.15, -0.1) is 0 Å². The van der Waals surface area contributed by atoms with E-state index < -0.39 is 5.41 Å². The van der Waals surface area contributed by atoms with Crippen molar-refractivity contribution in [1.29, 1.82) is 0 Å². The van der Waals surface area contributed by atoms with Crippen LogP contribution < -0.4 is 5.32 Å². The molecule has 2 atom stereocenters. The second-order valence-corrected chi connectivity index (χ2v) is 5.88. The van der Waals surface area contributed by atoms with Crippen molar-refractivity contribution in [3.8, 4) is 0 Å². The van der Waals surface area contributed by atoms with Crippen molar-refractivity contribution in [2.75, 3.05) is 19.8 Å². The molecule has 20 heavy (non-hydrogen) atoms. The molecule has 1 saturated carbocycles. The maximum Gasteiger partial charge on any atom is 0.228 e. The highest BCUT2D eigenvalue weighted by atomic mass is 16.5. The molecule has 2 heterocycles. The molecule has 5 heteroatoms.